The maximum atomic E-state index is 11.1. The second-order valence-corrected chi connectivity index (χ2v) is 5.36. The van der Waals surface area contributed by atoms with Crippen molar-refractivity contribution in [3.63, 3.8) is 0 Å². The van der Waals surface area contributed by atoms with E-state index in [4.69, 9.17) is 26.4 Å². The predicted octanol–water partition coefficient (Wildman–Crippen LogP) is 2.65. The first-order valence-electron chi connectivity index (χ1n) is 7.46. The van der Waals surface area contributed by atoms with Gasteiger partial charge in [0.15, 0.2) is 0 Å². The molecule has 0 atom stereocenters. The van der Waals surface area contributed by atoms with Gasteiger partial charge in [-0.05, 0) is 24.3 Å². The minimum Gasteiger partial charge on any atom is -0.496 e. The number of guanidine groups is 1. The molecule has 2 rings (SSSR count). The molecule has 26 heavy (non-hydrogen) atoms. The highest BCUT2D eigenvalue weighted by Crippen LogP contribution is 2.26. The average molecular weight is 374 g/mol. The summed E-state index contributed by atoms with van der Waals surface area (Å²) in [5.41, 5.74) is 3.52. The van der Waals surface area contributed by atoms with Gasteiger partial charge in [-0.3, -0.25) is 4.79 Å². The number of aliphatic imine (C=N–C) groups is 1. The quantitative estimate of drug-likeness (QED) is 0.481. The number of rotatable bonds is 4. The molecule has 0 aliphatic rings. The molecule has 1 aromatic carbocycles. The normalized spacial score (nSPS) is 10.6. The molecule has 0 saturated carbocycles. The zero-order valence-corrected chi connectivity index (χ0v) is 14.9. The number of hydrogen-bond acceptors (Lipinski definition) is 6. The summed E-state index contributed by atoms with van der Waals surface area (Å²) in [5.74, 6) is 0.597. The number of nitrogens with zero attached hydrogens (tertiary/aromatic N) is 3. The summed E-state index contributed by atoms with van der Waals surface area (Å²) in [7, 11) is 1.54. The first-order chi connectivity index (χ1) is 12.5. The molecule has 0 bridgehead atoms. The molecular weight excluding hydrogens is 358 g/mol. The first-order valence-corrected chi connectivity index (χ1v) is 7.83. The Bertz CT molecular complexity index is 846. The third-order valence-corrected chi connectivity index (χ3v) is 3.48. The summed E-state index contributed by atoms with van der Waals surface area (Å²) < 4.78 is 5.28. The van der Waals surface area contributed by atoms with Crippen molar-refractivity contribution in [3.05, 3.63) is 52.7 Å². The molecule has 0 amide bonds. The van der Waals surface area contributed by atoms with E-state index in [2.05, 4.69) is 20.8 Å². The summed E-state index contributed by atoms with van der Waals surface area (Å²) >= 11 is 6.19. The highest BCUT2D eigenvalue weighted by atomic mass is 35.5. The molecule has 0 unspecified atom stereocenters. The molecule has 8 nitrogen and oxygen atoms in total. The van der Waals surface area contributed by atoms with Crippen LogP contribution in [0.15, 0.2) is 41.5 Å². The van der Waals surface area contributed by atoms with Gasteiger partial charge in [0.05, 0.1) is 19.2 Å². The van der Waals surface area contributed by atoms with Crippen LogP contribution in [0.3, 0.4) is 0 Å². The number of carbonyl (C=O) groups is 1. The SMILES string of the molecule is COc1cccc(Cl)c1CN=C(NOC(C)=O)Nc1ccc(C#N)cn1. The van der Waals surface area contributed by atoms with Gasteiger partial charge in [0.2, 0.25) is 5.96 Å². The van der Waals surface area contributed by atoms with Crippen LogP contribution in [0.5, 0.6) is 5.75 Å². The van der Waals surface area contributed by atoms with E-state index in [0.717, 1.165) is 0 Å². The topological polar surface area (TPSA) is 109 Å². The minimum absolute atomic E-state index is 0.138. The Morgan fingerprint density at radius 1 is 1.38 bits per heavy atom. The molecule has 1 heterocycles. The maximum Gasteiger partial charge on any atom is 0.329 e. The van der Waals surface area contributed by atoms with Crippen molar-refractivity contribution in [2.24, 2.45) is 4.99 Å². The summed E-state index contributed by atoms with van der Waals surface area (Å²) in [5, 5.41) is 12.2. The second-order valence-electron chi connectivity index (χ2n) is 4.95. The largest absolute Gasteiger partial charge is 0.496 e. The fourth-order valence-electron chi connectivity index (χ4n) is 1.91. The number of ether oxygens (including phenoxy) is 1. The standard InChI is InChI=1S/C17H16ClN5O3/c1-11(24)26-23-17(22-16-7-6-12(8-19)9-20-16)21-10-13-14(18)4-3-5-15(13)25-2/h3-7,9H,10H2,1-2H3,(H2,20,21,22,23). The van der Waals surface area contributed by atoms with Gasteiger partial charge in [-0.15, -0.1) is 0 Å². The number of hydroxylamine groups is 1. The van der Waals surface area contributed by atoms with Crippen molar-refractivity contribution in [3.8, 4) is 11.8 Å². The van der Waals surface area contributed by atoms with Crippen molar-refractivity contribution in [2.45, 2.75) is 13.5 Å². The van der Waals surface area contributed by atoms with E-state index in [1.54, 1.807) is 30.3 Å². The van der Waals surface area contributed by atoms with Gasteiger partial charge in [-0.25, -0.2) is 9.98 Å². The summed E-state index contributed by atoms with van der Waals surface area (Å²) in [6.45, 7) is 1.41. The number of anilines is 1. The molecule has 0 spiro atoms. The van der Waals surface area contributed by atoms with Gasteiger partial charge in [0, 0.05) is 23.7 Å². The molecule has 2 aromatic rings. The molecule has 0 aliphatic heterocycles. The lowest BCUT2D eigenvalue weighted by Crippen LogP contribution is -2.32. The van der Waals surface area contributed by atoms with E-state index in [1.807, 2.05) is 6.07 Å². The predicted molar refractivity (Wildman–Crippen MR) is 96.6 cm³/mol. The average Bonchev–Trinajstić information content (AvgIpc) is 2.65. The number of halogens is 1. The lowest BCUT2D eigenvalue weighted by Gasteiger charge is -2.12. The van der Waals surface area contributed by atoms with Gasteiger partial charge in [-0.2, -0.15) is 10.7 Å². The fraction of sp³-hybridized carbons (Fsp3) is 0.176. The zero-order valence-electron chi connectivity index (χ0n) is 14.1. The van der Waals surface area contributed by atoms with Crippen LogP contribution in [0.25, 0.3) is 0 Å². The Morgan fingerprint density at radius 3 is 2.81 bits per heavy atom. The Labute approximate surface area is 155 Å². The number of pyridine rings is 1. The van der Waals surface area contributed by atoms with Crippen LogP contribution >= 0.6 is 11.6 Å². The van der Waals surface area contributed by atoms with Crippen LogP contribution in [0, 0.1) is 11.3 Å². The molecular formula is C17H16ClN5O3. The lowest BCUT2D eigenvalue weighted by molar-refractivity contribution is -0.145. The highest BCUT2D eigenvalue weighted by Gasteiger charge is 2.09. The van der Waals surface area contributed by atoms with Crippen molar-refractivity contribution in [1.29, 1.82) is 5.26 Å². The summed E-state index contributed by atoms with van der Waals surface area (Å²) in [6.07, 6.45) is 1.41. The highest BCUT2D eigenvalue weighted by molar-refractivity contribution is 6.31. The molecule has 2 N–H and O–H groups in total. The van der Waals surface area contributed by atoms with Crippen LogP contribution in [0.1, 0.15) is 18.1 Å². The Balaban J connectivity index is 2.21. The Morgan fingerprint density at radius 2 is 2.19 bits per heavy atom. The smallest absolute Gasteiger partial charge is 0.329 e. The van der Waals surface area contributed by atoms with E-state index in [0.29, 0.717) is 27.7 Å². The molecule has 0 fully saturated rings. The Kier molecular flexibility index (Phi) is 6.76. The van der Waals surface area contributed by atoms with Crippen LogP contribution in [-0.4, -0.2) is 24.0 Å². The third kappa shape index (κ3) is 5.36. The molecule has 0 saturated heterocycles. The van der Waals surface area contributed by atoms with Crippen LogP contribution in [0.2, 0.25) is 5.02 Å². The maximum absolute atomic E-state index is 11.1. The van der Waals surface area contributed by atoms with Gasteiger partial charge in [0.1, 0.15) is 17.6 Å². The van der Waals surface area contributed by atoms with Gasteiger partial charge < -0.3 is 14.9 Å². The van der Waals surface area contributed by atoms with E-state index in [9.17, 15) is 4.79 Å². The van der Waals surface area contributed by atoms with Crippen LogP contribution in [-0.2, 0) is 16.2 Å². The number of hydrogen-bond donors (Lipinski definition) is 2. The van der Waals surface area contributed by atoms with E-state index in [-0.39, 0.29) is 12.5 Å². The van der Waals surface area contributed by atoms with Gasteiger partial charge >= 0.3 is 5.97 Å². The molecule has 0 aliphatic carbocycles. The number of methoxy groups -OCH3 is 1. The minimum atomic E-state index is -0.539. The monoisotopic (exact) mass is 373 g/mol. The summed E-state index contributed by atoms with van der Waals surface area (Å²) in [6, 6.07) is 10.4. The summed E-state index contributed by atoms with van der Waals surface area (Å²) in [4.78, 5) is 24.2. The van der Waals surface area contributed by atoms with Crippen molar-refractivity contribution in [1.82, 2.24) is 10.5 Å². The van der Waals surface area contributed by atoms with E-state index in [1.165, 1.54) is 20.2 Å². The second kappa shape index (κ2) is 9.25. The Hall–Kier alpha value is -3.31. The number of carbonyl (C=O) groups excluding carboxylic acids is 1. The third-order valence-electron chi connectivity index (χ3n) is 3.12. The van der Waals surface area contributed by atoms with Crippen molar-refractivity contribution in [2.75, 3.05) is 12.4 Å². The number of nitrogens with one attached hydrogen (secondary N) is 2. The lowest BCUT2D eigenvalue weighted by atomic mass is 10.2. The number of benzene rings is 1. The van der Waals surface area contributed by atoms with Crippen LogP contribution in [0.4, 0.5) is 5.82 Å². The fourth-order valence-corrected chi connectivity index (χ4v) is 2.14. The van der Waals surface area contributed by atoms with Crippen molar-refractivity contribution < 1.29 is 14.4 Å². The first kappa shape index (κ1) is 19.0. The van der Waals surface area contributed by atoms with Crippen LogP contribution < -0.4 is 15.5 Å². The van der Waals surface area contributed by atoms with E-state index < -0.39 is 5.97 Å². The molecule has 0 radical (unpaired) electrons. The molecule has 9 heteroatoms. The number of nitriles is 1. The number of aromatic nitrogens is 1. The zero-order chi connectivity index (χ0) is 18.9. The van der Waals surface area contributed by atoms with Crippen molar-refractivity contribution >= 4 is 29.3 Å². The van der Waals surface area contributed by atoms with Gasteiger partial charge in [-0.1, -0.05) is 17.7 Å². The molecule has 1 aromatic heterocycles. The molecule has 134 valence electrons. The van der Waals surface area contributed by atoms with E-state index >= 15 is 0 Å². The van der Waals surface area contributed by atoms with Gasteiger partial charge in [0.25, 0.3) is 0 Å².